The fourth-order valence-corrected chi connectivity index (χ4v) is 7.24. The highest BCUT2D eigenvalue weighted by Gasteiger charge is 2.41. The van der Waals surface area contributed by atoms with Crippen molar-refractivity contribution in [1.29, 1.82) is 0 Å². The van der Waals surface area contributed by atoms with Gasteiger partial charge in [0, 0.05) is 37.2 Å². The van der Waals surface area contributed by atoms with Crippen LogP contribution in [0.2, 0.25) is 0 Å². The van der Waals surface area contributed by atoms with Gasteiger partial charge in [-0.3, -0.25) is 4.90 Å². The van der Waals surface area contributed by atoms with Crippen molar-refractivity contribution in [3.8, 4) is 11.5 Å². The van der Waals surface area contributed by atoms with Crippen LogP contribution in [0.1, 0.15) is 74.2 Å². The average Bonchev–Trinajstić information content (AvgIpc) is 3.42. The molecule has 1 N–H and O–H groups in total. The van der Waals surface area contributed by atoms with Crippen molar-refractivity contribution in [1.82, 2.24) is 10.2 Å². The second kappa shape index (κ2) is 12.1. The lowest BCUT2D eigenvalue weighted by Gasteiger charge is -2.43. The predicted molar refractivity (Wildman–Crippen MR) is 159 cm³/mol. The molecule has 1 aliphatic carbocycles. The molecule has 1 spiro atoms. The van der Waals surface area contributed by atoms with E-state index >= 15 is 8.78 Å². The largest absolute Gasteiger partial charge is 0.490 e. The second-order valence-corrected chi connectivity index (χ2v) is 12.9. The van der Waals surface area contributed by atoms with Gasteiger partial charge in [-0.25, -0.2) is 17.6 Å². The summed E-state index contributed by atoms with van der Waals surface area (Å²) in [5.41, 5.74) is 2.53. The molecule has 2 fully saturated rings. The summed E-state index contributed by atoms with van der Waals surface area (Å²) in [5.74, 6) is -3.87. The van der Waals surface area contributed by atoms with Crippen molar-refractivity contribution in [2.45, 2.75) is 83.1 Å². The molecule has 3 aromatic carbocycles. The number of rotatable bonds is 8. The molecule has 0 aromatic heterocycles. The van der Waals surface area contributed by atoms with Gasteiger partial charge in [0.2, 0.25) is 0 Å². The summed E-state index contributed by atoms with van der Waals surface area (Å²) in [5, 5.41) is 3.45. The number of hydrogen-bond acceptors (Lipinski definition) is 4. The normalized spacial score (nSPS) is 26.0. The topological polar surface area (TPSA) is 33.7 Å². The molecule has 0 radical (unpaired) electrons. The van der Waals surface area contributed by atoms with Gasteiger partial charge in [0.05, 0.1) is 18.7 Å². The lowest BCUT2D eigenvalue weighted by atomic mass is 9.72. The Kier molecular flexibility index (Phi) is 8.44. The van der Waals surface area contributed by atoms with Crippen molar-refractivity contribution in [3.63, 3.8) is 0 Å². The van der Waals surface area contributed by atoms with Gasteiger partial charge >= 0.3 is 0 Å². The quantitative estimate of drug-likeness (QED) is 0.269. The van der Waals surface area contributed by atoms with Gasteiger partial charge in [-0.1, -0.05) is 36.4 Å². The molecule has 3 aromatic rings. The van der Waals surface area contributed by atoms with E-state index in [4.69, 9.17) is 9.47 Å². The highest BCUT2D eigenvalue weighted by atomic mass is 19.3. The zero-order valence-electron chi connectivity index (χ0n) is 24.9. The molecule has 43 heavy (non-hydrogen) atoms. The fourth-order valence-electron chi connectivity index (χ4n) is 7.24. The minimum atomic E-state index is -3.05. The Bertz CT molecular complexity index is 1390. The third-order valence-electron chi connectivity index (χ3n) is 9.48. The summed E-state index contributed by atoms with van der Waals surface area (Å²) >= 11 is 0. The van der Waals surface area contributed by atoms with E-state index in [9.17, 15) is 8.78 Å². The highest BCUT2D eigenvalue weighted by Crippen LogP contribution is 2.44. The monoisotopic (exact) mass is 596 g/mol. The molecule has 2 heterocycles. The Labute approximate surface area is 251 Å². The van der Waals surface area contributed by atoms with E-state index in [0.717, 1.165) is 63.2 Å². The second-order valence-electron chi connectivity index (χ2n) is 12.9. The van der Waals surface area contributed by atoms with Crippen LogP contribution in [0, 0.1) is 17.0 Å². The van der Waals surface area contributed by atoms with E-state index in [1.165, 1.54) is 17.0 Å². The Balaban J connectivity index is 1.27. The first-order chi connectivity index (χ1) is 20.6. The number of alkyl halides is 2. The molecule has 2 atom stereocenters. The van der Waals surface area contributed by atoms with Crippen molar-refractivity contribution in [2.75, 3.05) is 19.6 Å². The van der Waals surface area contributed by atoms with Crippen LogP contribution in [0.4, 0.5) is 17.6 Å². The first-order valence-corrected chi connectivity index (χ1v) is 15.4. The smallest absolute Gasteiger partial charge is 0.257 e. The maximum atomic E-state index is 15.9. The van der Waals surface area contributed by atoms with Gasteiger partial charge in [-0.15, -0.1) is 0 Å². The van der Waals surface area contributed by atoms with E-state index in [2.05, 4.69) is 5.32 Å². The number of nitrogens with zero attached hydrogens (tertiary/aromatic N) is 1. The molecule has 1 saturated carbocycles. The zero-order chi connectivity index (χ0) is 30.2. The summed E-state index contributed by atoms with van der Waals surface area (Å²) in [4.78, 5) is 1.52. The minimum absolute atomic E-state index is 0.101. The van der Waals surface area contributed by atoms with Crippen LogP contribution in [0.5, 0.6) is 11.5 Å². The number of fused-ring (bicyclic) bond motifs is 1. The number of benzene rings is 3. The SMILES string of the molecule is C[C@@H]1Cc2cc(OCc3ccccc3)ccc2C(c2c(F)cc(OC3CCC4(CCNC4)CC3)cc2F)N1CC(C)(F)F. The Morgan fingerprint density at radius 1 is 0.953 bits per heavy atom. The number of halogens is 4. The van der Waals surface area contributed by atoms with Gasteiger partial charge in [0.15, 0.2) is 0 Å². The van der Waals surface area contributed by atoms with Gasteiger partial charge in [0.25, 0.3) is 5.92 Å². The van der Waals surface area contributed by atoms with Crippen LogP contribution in [-0.2, 0) is 13.0 Å². The molecular formula is C35H40F4N2O2. The van der Waals surface area contributed by atoms with Gasteiger partial charge in [0.1, 0.15) is 29.7 Å². The van der Waals surface area contributed by atoms with Crippen LogP contribution in [0.15, 0.2) is 60.7 Å². The number of hydrogen-bond donors (Lipinski definition) is 1. The molecule has 2 aliphatic heterocycles. The van der Waals surface area contributed by atoms with E-state index < -0.39 is 30.1 Å². The number of nitrogens with one attached hydrogen (secondary N) is 1. The number of ether oxygens (including phenoxy) is 2. The fraction of sp³-hybridized carbons (Fsp3) is 0.486. The molecule has 0 amide bonds. The van der Waals surface area contributed by atoms with Crippen molar-refractivity contribution >= 4 is 0 Å². The summed E-state index contributed by atoms with van der Waals surface area (Å²) in [6.07, 6.45) is 5.25. The molecule has 1 saturated heterocycles. The zero-order valence-corrected chi connectivity index (χ0v) is 24.9. The van der Waals surface area contributed by atoms with Crippen LogP contribution in [-0.4, -0.2) is 42.6 Å². The maximum absolute atomic E-state index is 15.9. The Hall–Kier alpha value is -3.10. The molecule has 0 bridgehead atoms. The summed E-state index contributed by atoms with van der Waals surface area (Å²) < 4.78 is 72.8. The van der Waals surface area contributed by atoms with Gasteiger partial charge in [-0.05, 0) is 86.2 Å². The average molecular weight is 597 g/mol. The van der Waals surface area contributed by atoms with Crippen LogP contribution >= 0.6 is 0 Å². The molecule has 6 rings (SSSR count). The van der Waals surface area contributed by atoms with Gasteiger partial charge in [-0.2, -0.15) is 0 Å². The summed E-state index contributed by atoms with van der Waals surface area (Å²) in [7, 11) is 0. The van der Waals surface area contributed by atoms with Crippen molar-refractivity contribution in [2.24, 2.45) is 5.41 Å². The standard InChI is InChI=1S/C35H40F4N2O2/c1-23-16-25-17-27(42-20-24-6-4-3-5-7-24)8-9-29(25)33(41(23)22-34(2,38)39)32-30(36)18-28(19-31(32)37)43-26-10-12-35(13-11-26)14-15-40-21-35/h3-9,17-19,23,26,33,40H,10-16,20-22H2,1-2H3/t23-,26?,33?,35?/m1/s1. The third-order valence-corrected chi connectivity index (χ3v) is 9.48. The lowest BCUT2D eigenvalue weighted by molar-refractivity contribution is -0.0371. The molecule has 8 heteroatoms. The molecule has 1 unspecified atom stereocenters. The van der Waals surface area contributed by atoms with E-state index in [0.29, 0.717) is 29.8 Å². The van der Waals surface area contributed by atoms with Crippen molar-refractivity contribution in [3.05, 3.63) is 94.6 Å². The molecule has 4 nitrogen and oxygen atoms in total. The highest BCUT2D eigenvalue weighted by molar-refractivity contribution is 5.46. The summed E-state index contributed by atoms with van der Waals surface area (Å²) in [6.45, 7) is 4.47. The molecule has 230 valence electrons. The van der Waals surface area contributed by atoms with E-state index in [1.54, 1.807) is 12.1 Å². The van der Waals surface area contributed by atoms with E-state index in [-0.39, 0.29) is 23.5 Å². The predicted octanol–water partition coefficient (Wildman–Crippen LogP) is 7.84. The third kappa shape index (κ3) is 6.70. The Morgan fingerprint density at radius 2 is 1.67 bits per heavy atom. The molecule has 3 aliphatic rings. The van der Waals surface area contributed by atoms with Gasteiger partial charge < -0.3 is 14.8 Å². The lowest BCUT2D eigenvalue weighted by Crippen LogP contribution is -2.48. The first-order valence-electron chi connectivity index (χ1n) is 15.4. The van der Waals surface area contributed by atoms with Crippen molar-refractivity contribution < 1.29 is 27.0 Å². The molecular weight excluding hydrogens is 556 g/mol. The minimum Gasteiger partial charge on any atom is -0.490 e. The maximum Gasteiger partial charge on any atom is 0.257 e. The van der Waals surface area contributed by atoms with Crippen LogP contribution in [0.3, 0.4) is 0 Å². The Morgan fingerprint density at radius 3 is 2.33 bits per heavy atom. The summed E-state index contributed by atoms with van der Waals surface area (Å²) in [6, 6.07) is 16.2. The van der Waals surface area contributed by atoms with Crippen LogP contribution < -0.4 is 14.8 Å². The first kappa shape index (κ1) is 29.9. The van der Waals surface area contributed by atoms with E-state index in [1.807, 2.05) is 43.3 Å². The van der Waals surface area contributed by atoms with Crippen LogP contribution in [0.25, 0.3) is 0 Å².